The van der Waals surface area contributed by atoms with Gasteiger partial charge in [-0.25, -0.2) is 0 Å². The van der Waals surface area contributed by atoms with Crippen molar-refractivity contribution >= 4 is 11.6 Å². The molecule has 1 atom stereocenters. The molecule has 1 unspecified atom stereocenters. The van der Waals surface area contributed by atoms with Crippen molar-refractivity contribution in [2.45, 2.75) is 26.9 Å². The monoisotopic (exact) mass is 238 g/mol. The van der Waals surface area contributed by atoms with Gasteiger partial charge >= 0.3 is 0 Å². The van der Waals surface area contributed by atoms with Crippen molar-refractivity contribution < 1.29 is 29.6 Å². The maximum Gasteiger partial charge on any atom is 0.155 e. The van der Waals surface area contributed by atoms with E-state index in [2.05, 4.69) is 4.74 Å². The van der Waals surface area contributed by atoms with Crippen LogP contribution >= 0.6 is 0 Å². The summed E-state index contributed by atoms with van der Waals surface area (Å²) in [6.07, 6.45) is -0.560. The van der Waals surface area contributed by atoms with E-state index in [1.807, 2.05) is 0 Å². The molecule has 0 aromatic rings. The van der Waals surface area contributed by atoms with E-state index in [9.17, 15) is 9.59 Å². The highest BCUT2D eigenvalue weighted by Gasteiger charge is 1.84. The van der Waals surface area contributed by atoms with Crippen LogP contribution in [-0.4, -0.2) is 59.9 Å². The van der Waals surface area contributed by atoms with Crippen LogP contribution in [-0.2, 0) is 14.3 Å². The minimum atomic E-state index is -0.560. The fourth-order valence-electron chi connectivity index (χ4n) is 0.203. The quantitative estimate of drug-likeness (QED) is 0.589. The van der Waals surface area contributed by atoms with E-state index < -0.39 is 6.10 Å². The molecule has 0 amide bonds. The van der Waals surface area contributed by atoms with Crippen molar-refractivity contribution in [1.29, 1.82) is 0 Å². The molecule has 0 fully saturated rings. The number of aliphatic hydroxyl groups excluding tert-OH is 3. The SMILES string of the molecule is CC(=O)CO.CC(O)CO.COCC(C)=O. The number of carbonyl (C=O) groups excluding carboxylic acids is 2. The molecule has 0 aromatic heterocycles. The van der Waals surface area contributed by atoms with Gasteiger partial charge in [0, 0.05) is 7.11 Å². The second-order valence-electron chi connectivity index (χ2n) is 3.03. The Hall–Kier alpha value is -0.820. The lowest BCUT2D eigenvalue weighted by atomic mass is 10.5. The number of aliphatic hydroxyl groups is 3. The summed E-state index contributed by atoms with van der Waals surface area (Å²) in [5.74, 6) is -0.123. The van der Waals surface area contributed by atoms with Gasteiger partial charge in [-0.2, -0.15) is 0 Å². The van der Waals surface area contributed by atoms with Crippen molar-refractivity contribution in [2.24, 2.45) is 0 Å². The maximum atomic E-state index is 9.92. The van der Waals surface area contributed by atoms with Gasteiger partial charge in [0.25, 0.3) is 0 Å². The number of carbonyl (C=O) groups is 2. The number of hydrogen-bond donors (Lipinski definition) is 3. The third kappa shape index (κ3) is 51.2. The lowest BCUT2D eigenvalue weighted by Crippen LogP contribution is -2.03. The largest absolute Gasteiger partial charge is 0.394 e. The Morgan fingerprint density at radius 1 is 1.19 bits per heavy atom. The Labute approximate surface area is 95.9 Å². The first-order valence-electron chi connectivity index (χ1n) is 4.69. The average Bonchev–Trinajstić information content (AvgIpc) is 2.19. The van der Waals surface area contributed by atoms with E-state index in [-0.39, 0.29) is 31.4 Å². The molecule has 3 N–H and O–H groups in total. The van der Waals surface area contributed by atoms with Gasteiger partial charge in [0.05, 0.1) is 12.7 Å². The lowest BCUT2D eigenvalue weighted by molar-refractivity contribution is -0.120. The summed E-state index contributed by atoms with van der Waals surface area (Å²) in [5, 5.41) is 23.8. The molecule has 0 rings (SSSR count). The van der Waals surface area contributed by atoms with Gasteiger partial charge in [-0.1, -0.05) is 0 Å². The highest BCUT2D eigenvalue weighted by molar-refractivity contribution is 5.76. The molecule has 0 aliphatic carbocycles. The fraction of sp³-hybridized carbons (Fsp3) is 0.800. The molecule has 0 saturated heterocycles. The summed E-state index contributed by atoms with van der Waals surface area (Å²) in [6.45, 7) is 4.11. The summed E-state index contributed by atoms with van der Waals surface area (Å²) >= 11 is 0. The summed E-state index contributed by atoms with van der Waals surface area (Å²) in [7, 11) is 1.50. The number of ether oxygens (including phenoxy) is 1. The molecule has 0 bridgehead atoms. The van der Waals surface area contributed by atoms with Crippen molar-refractivity contribution in [3.8, 4) is 0 Å². The number of methoxy groups -OCH3 is 1. The van der Waals surface area contributed by atoms with Crippen LogP contribution in [0.5, 0.6) is 0 Å². The zero-order chi connectivity index (χ0) is 13.6. The lowest BCUT2D eigenvalue weighted by Gasteiger charge is -1.90. The summed E-state index contributed by atoms with van der Waals surface area (Å²) in [4.78, 5) is 19.5. The predicted molar refractivity (Wildman–Crippen MR) is 59.1 cm³/mol. The van der Waals surface area contributed by atoms with Crippen molar-refractivity contribution in [1.82, 2.24) is 0 Å². The van der Waals surface area contributed by atoms with Crippen LogP contribution in [0.1, 0.15) is 20.8 Å². The molecular formula is C10H22O6. The molecular weight excluding hydrogens is 216 g/mol. The van der Waals surface area contributed by atoms with Gasteiger partial charge in [0.2, 0.25) is 0 Å². The molecule has 0 radical (unpaired) electrons. The maximum absolute atomic E-state index is 9.92. The summed E-state index contributed by atoms with van der Waals surface area (Å²) in [5.41, 5.74) is 0. The normalized spacial score (nSPS) is 10.2. The van der Waals surface area contributed by atoms with E-state index >= 15 is 0 Å². The third-order valence-corrected chi connectivity index (χ3v) is 0.834. The zero-order valence-electron chi connectivity index (χ0n) is 10.3. The molecule has 0 spiro atoms. The van der Waals surface area contributed by atoms with Crippen molar-refractivity contribution in [3.63, 3.8) is 0 Å². The molecule has 0 aliphatic rings. The smallest absolute Gasteiger partial charge is 0.155 e. The van der Waals surface area contributed by atoms with Crippen LogP contribution in [0.15, 0.2) is 0 Å². The standard InChI is InChI=1S/C4H8O2.C3H8O2.C3H6O2/c1-4(5)3-6-2;2*1-3(5)2-4/h3H2,1-2H3;3-5H,2H2,1H3;4H,2H2,1H3. The molecule has 6 heteroatoms. The third-order valence-electron chi connectivity index (χ3n) is 0.834. The Bertz CT molecular complexity index is 167. The van der Waals surface area contributed by atoms with Crippen molar-refractivity contribution in [3.05, 3.63) is 0 Å². The second kappa shape index (κ2) is 16.6. The molecule has 16 heavy (non-hydrogen) atoms. The van der Waals surface area contributed by atoms with Crippen LogP contribution in [0.4, 0.5) is 0 Å². The van der Waals surface area contributed by atoms with Gasteiger partial charge in [-0.3, -0.25) is 9.59 Å². The number of ketones is 2. The Kier molecular flexibility index (Phi) is 21.4. The molecule has 0 saturated carbocycles. The molecule has 0 heterocycles. The first kappa shape index (κ1) is 20.6. The molecule has 98 valence electrons. The minimum Gasteiger partial charge on any atom is -0.394 e. The molecule has 6 nitrogen and oxygen atoms in total. The summed E-state index contributed by atoms with van der Waals surface area (Å²) in [6, 6.07) is 0. The van der Waals surface area contributed by atoms with Gasteiger partial charge in [0.15, 0.2) is 11.6 Å². The summed E-state index contributed by atoms with van der Waals surface area (Å²) < 4.78 is 4.45. The van der Waals surface area contributed by atoms with Crippen LogP contribution in [0.3, 0.4) is 0 Å². The van der Waals surface area contributed by atoms with E-state index in [1.54, 1.807) is 0 Å². The van der Waals surface area contributed by atoms with E-state index in [0.717, 1.165) is 0 Å². The van der Waals surface area contributed by atoms with E-state index in [4.69, 9.17) is 15.3 Å². The second-order valence-corrected chi connectivity index (χ2v) is 3.03. The van der Waals surface area contributed by atoms with Crippen LogP contribution in [0.2, 0.25) is 0 Å². The Balaban J connectivity index is -0.000000160. The number of hydrogen-bond acceptors (Lipinski definition) is 6. The predicted octanol–water partition coefficient (Wildman–Crippen LogP) is -0.851. The molecule has 0 aliphatic heterocycles. The fourth-order valence-corrected chi connectivity index (χ4v) is 0.203. The van der Waals surface area contributed by atoms with Gasteiger partial charge in [0.1, 0.15) is 13.2 Å². The number of Topliss-reactive ketones (excluding diaryl/α,β-unsaturated/α-hetero) is 2. The van der Waals surface area contributed by atoms with Gasteiger partial charge in [-0.15, -0.1) is 0 Å². The first-order chi connectivity index (χ1) is 7.31. The topological polar surface area (TPSA) is 104 Å². The zero-order valence-corrected chi connectivity index (χ0v) is 10.3. The first-order valence-corrected chi connectivity index (χ1v) is 4.69. The molecule has 0 aromatic carbocycles. The number of rotatable bonds is 4. The highest BCUT2D eigenvalue weighted by atomic mass is 16.5. The minimum absolute atomic E-state index is 0.0671. The average molecular weight is 238 g/mol. The van der Waals surface area contributed by atoms with Gasteiger partial charge < -0.3 is 20.1 Å². The van der Waals surface area contributed by atoms with E-state index in [0.29, 0.717) is 0 Å². The highest BCUT2D eigenvalue weighted by Crippen LogP contribution is 1.68. The van der Waals surface area contributed by atoms with Gasteiger partial charge in [-0.05, 0) is 20.8 Å². The Morgan fingerprint density at radius 3 is 1.50 bits per heavy atom. The van der Waals surface area contributed by atoms with E-state index in [1.165, 1.54) is 27.9 Å². The Morgan fingerprint density at radius 2 is 1.50 bits per heavy atom. The van der Waals surface area contributed by atoms with Crippen LogP contribution in [0.25, 0.3) is 0 Å². The van der Waals surface area contributed by atoms with Crippen molar-refractivity contribution in [2.75, 3.05) is 26.9 Å². The van der Waals surface area contributed by atoms with Crippen LogP contribution in [0, 0.1) is 0 Å². The van der Waals surface area contributed by atoms with Crippen LogP contribution < -0.4 is 0 Å².